The van der Waals surface area contributed by atoms with E-state index in [1.165, 1.54) is 5.01 Å². The molecule has 0 fully saturated rings. The Balaban J connectivity index is 1.63. The molecule has 0 saturated heterocycles. The van der Waals surface area contributed by atoms with Gasteiger partial charge in [0.25, 0.3) is 5.91 Å². The highest BCUT2D eigenvalue weighted by Crippen LogP contribution is 2.26. The molecule has 2 atom stereocenters. The number of hydrogen-bond donors (Lipinski definition) is 0. The average Bonchev–Trinajstić information content (AvgIpc) is 2.68. The molecule has 0 spiro atoms. The summed E-state index contributed by atoms with van der Waals surface area (Å²) in [5.74, 6) is 0.858. The highest BCUT2D eigenvalue weighted by molar-refractivity contribution is 6.32. The van der Waals surface area contributed by atoms with Gasteiger partial charge in [-0.25, -0.2) is 4.98 Å². The van der Waals surface area contributed by atoms with Gasteiger partial charge in [0.15, 0.2) is 0 Å². The monoisotopic (exact) mass is 394 g/mol. The van der Waals surface area contributed by atoms with Gasteiger partial charge in [0.1, 0.15) is 16.7 Å². The van der Waals surface area contributed by atoms with Gasteiger partial charge in [0.2, 0.25) is 0 Å². The van der Waals surface area contributed by atoms with Crippen LogP contribution in [0.5, 0.6) is 5.75 Å². The maximum atomic E-state index is 12.8. The van der Waals surface area contributed by atoms with Crippen LogP contribution in [0.1, 0.15) is 19.4 Å². The number of hydrazone groups is 1. The Morgan fingerprint density at radius 1 is 1.29 bits per heavy atom. The quantitative estimate of drug-likeness (QED) is 0.581. The van der Waals surface area contributed by atoms with E-state index in [2.05, 4.69) is 15.1 Å². The van der Waals surface area contributed by atoms with Gasteiger partial charge in [0.05, 0.1) is 30.3 Å². The molecule has 6 nitrogen and oxygen atoms in total. The minimum Gasteiger partial charge on any atom is -0.494 e. The first kappa shape index (κ1) is 18.4. The predicted molar refractivity (Wildman–Crippen MR) is 111 cm³/mol. The van der Waals surface area contributed by atoms with Crippen LogP contribution in [0.2, 0.25) is 5.15 Å². The molecule has 2 aromatic rings. The molecule has 142 valence electrons. The number of aliphatic imine (C=N–C) groups is 1. The zero-order chi connectivity index (χ0) is 19.7. The van der Waals surface area contributed by atoms with E-state index in [1.54, 1.807) is 13.1 Å². The van der Waals surface area contributed by atoms with Gasteiger partial charge >= 0.3 is 0 Å². The van der Waals surface area contributed by atoms with E-state index in [0.717, 1.165) is 16.7 Å². The summed E-state index contributed by atoms with van der Waals surface area (Å²) in [6.45, 7) is 4.29. The maximum Gasteiger partial charge on any atom is 0.257 e. The maximum absolute atomic E-state index is 12.8. The lowest BCUT2D eigenvalue weighted by molar-refractivity contribution is -0.131. The summed E-state index contributed by atoms with van der Waals surface area (Å²) in [5.41, 5.74) is 1.36. The number of fused-ring (bicyclic) bond motifs is 2. The zero-order valence-corrected chi connectivity index (χ0v) is 16.3. The molecule has 0 radical (unpaired) electrons. The predicted octanol–water partition coefficient (Wildman–Crippen LogP) is 3.99. The molecule has 4 rings (SSSR count). The Labute approximate surface area is 167 Å². The Morgan fingerprint density at radius 2 is 2.11 bits per heavy atom. The van der Waals surface area contributed by atoms with Crippen LogP contribution in [0.4, 0.5) is 0 Å². The Bertz CT molecular complexity index is 1060. The number of ether oxygens (including phenoxy) is 1. The summed E-state index contributed by atoms with van der Waals surface area (Å²) in [5, 5.41) is 6.88. The van der Waals surface area contributed by atoms with Crippen molar-refractivity contribution in [3.8, 4) is 5.75 Å². The number of benzene rings is 1. The van der Waals surface area contributed by atoms with E-state index in [1.807, 2.05) is 55.5 Å². The van der Waals surface area contributed by atoms with Crippen LogP contribution in [0.3, 0.4) is 0 Å². The number of rotatable bonds is 4. The molecule has 2 heterocycles. The third-order valence-electron chi connectivity index (χ3n) is 4.64. The second-order valence-corrected chi connectivity index (χ2v) is 6.87. The number of carbonyl (C=O) groups excluding carboxylic acids is 1. The molecule has 1 aliphatic carbocycles. The van der Waals surface area contributed by atoms with Gasteiger partial charge < -0.3 is 4.74 Å². The van der Waals surface area contributed by atoms with Crippen molar-refractivity contribution in [2.45, 2.75) is 19.9 Å². The van der Waals surface area contributed by atoms with Crippen molar-refractivity contribution in [1.82, 2.24) is 9.99 Å². The lowest BCUT2D eigenvalue weighted by atomic mass is 9.93. The summed E-state index contributed by atoms with van der Waals surface area (Å²) in [4.78, 5) is 21.8. The van der Waals surface area contributed by atoms with Crippen LogP contribution in [0.15, 0.2) is 58.7 Å². The molecule has 0 unspecified atom stereocenters. The van der Waals surface area contributed by atoms with Crippen molar-refractivity contribution < 1.29 is 9.53 Å². The van der Waals surface area contributed by atoms with Gasteiger partial charge in [-0.05, 0) is 32.0 Å². The van der Waals surface area contributed by atoms with E-state index in [0.29, 0.717) is 23.2 Å². The molecule has 1 aromatic heterocycles. The summed E-state index contributed by atoms with van der Waals surface area (Å²) in [7, 11) is 0. The number of hydrogen-bond acceptors (Lipinski definition) is 5. The number of allylic oxidation sites excluding steroid dienone is 2. The van der Waals surface area contributed by atoms with Crippen molar-refractivity contribution in [3.05, 3.63) is 59.3 Å². The SMILES string of the molecule is CCOc1ccc2cc(/C=N\N3C(=O)[C@@H]4C=CC=C[C@H]4N=C3C)c(Cl)nc2c1. The number of amidine groups is 1. The Morgan fingerprint density at radius 3 is 2.93 bits per heavy atom. The van der Waals surface area contributed by atoms with Gasteiger partial charge in [0, 0.05) is 17.0 Å². The van der Waals surface area contributed by atoms with E-state index >= 15 is 0 Å². The third-order valence-corrected chi connectivity index (χ3v) is 4.94. The lowest BCUT2D eigenvalue weighted by Crippen LogP contribution is -2.44. The molecule has 0 bridgehead atoms. The second-order valence-electron chi connectivity index (χ2n) is 6.51. The molecule has 1 aromatic carbocycles. The number of pyridine rings is 1. The molecule has 0 N–H and O–H groups in total. The Hall–Kier alpha value is -2.99. The largest absolute Gasteiger partial charge is 0.494 e. The molecular formula is C21H19ClN4O2. The number of aromatic nitrogens is 1. The highest BCUT2D eigenvalue weighted by Gasteiger charge is 2.35. The van der Waals surface area contributed by atoms with Crippen molar-refractivity contribution in [3.63, 3.8) is 0 Å². The fourth-order valence-corrected chi connectivity index (χ4v) is 3.46. The second kappa shape index (κ2) is 7.56. The minimum atomic E-state index is -0.326. The van der Waals surface area contributed by atoms with Crippen molar-refractivity contribution in [1.29, 1.82) is 0 Å². The summed E-state index contributed by atoms with van der Waals surface area (Å²) in [6.07, 6.45) is 9.09. The van der Waals surface area contributed by atoms with Crippen LogP contribution in [-0.2, 0) is 4.79 Å². The standard InChI is InChI=1S/C21H19ClN4O2/c1-3-28-16-9-8-14-10-15(20(22)25-19(14)11-16)12-23-26-13(2)24-18-7-5-4-6-17(18)21(26)27/h4-12,17-18H,3H2,1-2H3/b23-12-/t17-,18-/m1/s1. The first-order valence-electron chi connectivity index (χ1n) is 9.07. The van der Waals surface area contributed by atoms with Crippen LogP contribution in [-0.4, -0.2) is 40.6 Å². The summed E-state index contributed by atoms with van der Waals surface area (Å²) < 4.78 is 5.50. The fourth-order valence-electron chi connectivity index (χ4n) is 3.27. The van der Waals surface area contributed by atoms with E-state index in [-0.39, 0.29) is 17.9 Å². The molecule has 0 saturated carbocycles. The van der Waals surface area contributed by atoms with Crippen LogP contribution < -0.4 is 4.74 Å². The number of amides is 1. The van der Waals surface area contributed by atoms with Gasteiger partial charge in [-0.15, -0.1) is 0 Å². The number of halogens is 1. The first-order chi connectivity index (χ1) is 13.6. The molecule has 28 heavy (non-hydrogen) atoms. The molecule has 2 aliphatic rings. The smallest absolute Gasteiger partial charge is 0.257 e. The van der Waals surface area contributed by atoms with Gasteiger partial charge in [-0.2, -0.15) is 10.1 Å². The zero-order valence-electron chi connectivity index (χ0n) is 15.5. The van der Waals surface area contributed by atoms with Crippen molar-refractivity contribution >= 4 is 40.5 Å². The van der Waals surface area contributed by atoms with Crippen molar-refractivity contribution in [2.24, 2.45) is 16.0 Å². The van der Waals surface area contributed by atoms with Crippen LogP contribution in [0.25, 0.3) is 10.9 Å². The average molecular weight is 395 g/mol. The Kier molecular flexibility index (Phi) is 4.96. The fraction of sp³-hybridized carbons (Fsp3) is 0.238. The molecule has 7 heteroatoms. The van der Waals surface area contributed by atoms with E-state index in [4.69, 9.17) is 16.3 Å². The van der Waals surface area contributed by atoms with Crippen LogP contribution >= 0.6 is 11.6 Å². The van der Waals surface area contributed by atoms with Crippen molar-refractivity contribution in [2.75, 3.05) is 6.61 Å². The summed E-state index contributed by atoms with van der Waals surface area (Å²) >= 11 is 6.34. The topological polar surface area (TPSA) is 67.2 Å². The van der Waals surface area contributed by atoms with Gasteiger partial charge in [-0.1, -0.05) is 35.9 Å². The summed E-state index contributed by atoms with van der Waals surface area (Å²) in [6, 6.07) is 7.38. The number of carbonyl (C=O) groups is 1. The highest BCUT2D eigenvalue weighted by atomic mass is 35.5. The normalized spacial score (nSPS) is 21.3. The lowest BCUT2D eigenvalue weighted by Gasteiger charge is -2.30. The van der Waals surface area contributed by atoms with E-state index < -0.39 is 0 Å². The van der Waals surface area contributed by atoms with Crippen LogP contribution in [0, 0.1) is 5.92 Å². The minimum absolute atomic E-state index is 0.111. The molecule has 1 aliphatic heterocycles. The third kappa shape index (κ3) is 3.43. The number of nitrogens with zero attached hydrogens (tertiary/aromatic N) is 4. The van der Waals surface area contributed by atoms with Gasteiger partial charge in [-0.3, -0.25) is 9.79 Å². The first-order valence-corrected chi connectivity index (χ1v) is 9.45. The van der Waals surface area contributed by atoms with E-state index in [9.17, 15) is 4.79 Å². The molecule has 1 amide bonds. The molecular weight excluding hydrogens is 376 g/mol.